The van der Waals surface area contributed by atoms with Gasteiger partial charge in [0, 0.05) is 0 Å². The van der Waals surface area contributed by atoms with E-state index in [9.17, 15) is 0 Å². The molecular formula is C18H26. The summed E-state index contributed by atoms with van der Waals surface area (Å²) in [4.78, 5) is 0. The first kappa shape index (κ1) is 11.3. The van der Waals surface area contributed by atoms with Crippen molar-refractivity contribution >= 4 is 0 Å². The lowest BCUT2D eigenvalue weighted by Crippen LogP contribution is -2.22. The van der Waals surface area contributed by atoms with E-state index in [-0.39, 0.29) is 0 Å². The Kier molecular flexibility index (Phi) is 2.86. The Morgan fingerprint density at radius 1 is 0.667 bits per heavy atom. The van der Waals surface area contributed by atoms with E-state index < -0.39 is 0 Å². The van der Waals surface area contributed by atoms with Crippen molar-refractivity contribution in [3.05, 3.63) is 23.3 Å². The van der Waals surface area contributed by atoms with Crippen molar-refractivity contribution in [3.63, 3.8) is 0 Å². The maximum absolute atomic E-state index is 2.59. The smallest absolute Gasteiger partial charge is 0.0134 e. The molecule has 4 aliphatic rings. The average molecular weight is 242 g/mol. The number of fused-ring (bicyclic) bond motifs is 5. The summed E-state index contributed by atoms with van der Waals surface area (Å²) in [7, 11) is 0. The second kappa shape index (κ2) is 4.54. The molecule has 0 heterocycles. The highest BCUT2D eigenvalue weighted by atomic mass is 14.5. The topological polar surface area (TPSA) is 0 Å². The first-order chi connectivity index (χ1) is 8.93. The van der Waals surface area contributed by atoms with Crippen molar-refractivity contribution in [2.75, 3.05) is 0 Å². The molecule has 4 rings (SSSR count). The molecule has 98 valence electrons. The Morgan fingerprint density at radius 3 is 1.72 bits per heavy atom. The quantitative estimate of drug-likeness (QED) is 0.543. The van der Waals surface area contributed by atoms with Gasteiger partial charge in [-0.15, -0.1) is 0 Å². The molecule has 0 bridgehead atoms. The molecule has 0 aromatic heterocycles. The third-order valence-electron chi connectivity index (χ3n) is 6.23. The number of rotatable bonds is 0. The first-order valence-corrected chi connectivity index (χ1v) is 8.34. The van der Waals surface area contributed by atoms with Crippen LogP contribution in [0, 0.1) is 23.7 Å². The molecule has 4 atom stereocenters. The van der Waals surface area contributed by atoms with Gasteiger partial charge in [0.05, 0.1) is 0 Å². The van der Waals surface area contributed by atoms with Gasteiger partial charge in [-0.3, -0.25) is 0 Å². The molecule has 4 aliphatic carbocycles. The third-order valence-corrected chi connectivity index (χ3v) is 6.23. The fourth-order valence-electron chi connectivity index (χ4n) is 5.47. The minimum atomic E-state index is 0.957. The molecule has 18 heavy (non-hydrogen) atoms. The molecule has 4 unspecified atom stereocenters. The molecule has 0 N–H and O–H groups in total. The lowest BCUT2D eigenvalue weighted by molar-refractivity contribution is 0.192. The van der Waals surface area contributed by atoms with Crippen molar-refractivity contribution in [3.8, 4) is 0 Å². The van der Waals surface area contributed by atoms with Gasteiger partial charge >= 0.3 is 0 Å². The summed E-state index contributed by atoms with van der Waals surface area (Å²) in [5, 5.41) is 0. The fourth-order valence-corrected chi connectivity index (χ4v) is 5.47. The number of hydrogen-bond acceptors (Lipinski definition) is 0. The van der Waals surface area contributed by atoms with E-state index in [1.807, 2.05) is 11.1 Å². The van der Waals surface area contributed by atoms with E-state index in [2.05, 4.69) is 12.2 Å². The highest BCUT2D eigenvalue weighted by molar-refractivity contribution is 5.42. The summed E-state index contributed by atoms with van der Waals surface area (Å²) in [6, 6.07) is 0. The van der Waals surface area contributed by atoms with E-state index in [1.165, 1.54) is 57.8 Å². The Labute approximate surface area is 112 Å². The van der Waals surface area contributed by atoms with Crippen LogP contribution >= 0.6 is 0 Å². The van der Waals surface area contributed by atoms with Gasteiger partial charge in [0.25, 0.3) is 0 Å². The molecule has 0 saturated heterocycles. The summed E-state index contributed by atoms with van der Waals surface area (Å²) < 4.78 is 0. The molecule has 3 saturated carbocycles. The summed E-state index contributed by atoms with van der Waals surface area (Å²) in [5.74, 6) is 4.00. The van der Waals surface area contributed by atoms with Gasteiger partial charge in [0.15, 0.2) is 0 Å². The zero-order chi connectivity index (χ0) is 11.9. The normalized spacial score (nSPS) is 43.1. The van der Waals surface area contributed by atoms with Crippen LogP contribution in [0.5, 0.6) is 0 Å². The van der Waals surface area contributed by atoms with Crippen LogP contribution in [0.2, 0.25) is 0 Å². The van der Waals surface area contributed by atoms with Crippen LogP contribution in [-0.2, 0) is 0 Å². The van der Waals surface area contributed by atoms with Gasteiger partial charge in [0.2, 0.25) is 0 Å². The summed E-state index contributed by atoms with van der Waals surface area (Å²) in [6.07, 6.45) is 20.0. The van der Waals surface area contributed by atoms with Crippen LogP contribution in [0.15, 0.2) is 23.3 Å². The molecule has 0 spiro atoms. The van der Waals surface area contributed by atoms with Crippen molar-refractivity contribution in [1.82, 2.24) is 0 Å². The van der Waals surface area contributed by atoms with Gasteiger partial charge in [0.1, 0.15) is 0 Å². The molecule has 0 amide bonds. The molecule has 0 heteroatoms. The molecule has 0 aliphatic heterocycles. The Balaban J connectivity index is 1.71. The van der Waals surface area contributed by atoms with Crippen LogP contribution in [-0.4, -0.2) is 0 Å². The molecular weight excluding hydrogens is 216 g/mol. The van der Waals surface area contributed by atoms with Crippen LogP contribution in [0.25, 0.3) is 0 Å². The van der Waals surface area contributed by atoms with E-state index in [4.69, 9.17) is 0 Å². The average Bonchev–Trinajstić information content (AvgIpc) is 2.84. The molecule has 0 nitrogen and oxygen atoms in total. The monoisotopic (exact) mass is 242 g/mol. The number of hydrogen-bond donors (Lipinski definition) is 0. The SMILES string of the molecule is C1=C2C(=CC1)C1CCCCC1CC1CCCCC21. The molecule has 0 aromatic carbocycles. The van der Waals surface area contributed by atoms with E-state index >= 15 is 0 Å². The molecule has 3 fully saturated rings. The van der Waals surface area contributed by atoms with E-state index in [1.54, 1.807) is 6.42 Å². The highest BCUT2D eigenvalue weighted by Crippen LogP contribution is 2.53. The lowest BCUT2D eigenvalue weighted by Gasteiger charge is -2.33. The predicted octanol–water partition coefficient (Wildman–Crippen LogP) is 5.26. The predicted molar refractivity (Wildman–Crippen MR) is 76.3 cm³/mol. The zero-order valence-electron chi connectivity index (χ0n) is 11.5. The van der Waals surface area contributed by atoms with Crippen LogP contribution < -0.4 is 0 Å². The largest absolute Gasteiger partial charge is 0.0769 e. The van der Waals surface area contributed by atoms with Crippen molar-refractivity contribution in [2.24, 2.45) is 23.7 Å². The standard InChI is InChI=1S/C18H26/c1-3-8-15-13(6-1)12-14-7-2-4-9-16(14)18-11-5-10-17(15)18/h10-11,13-16H,1-9,12H2. The maximum atomic E-state index is 2.59. The molecule has 0 aromatic rings. The van der Waals surface area contributed by atoms with E-state index in [0.717, 1.165) is 23.7 Å². The fraction of sp³-hybridized carbons (Fsp3) is 0.778. The number of allylic oxidation sites excluding steroid dienone is 4. The highest BCUT2D eigenvalue weighted by Gasteiger charge is 2.41. The van der Waals surface area contributed by atoms with Gasteiger partial charge < -0.3 is 0 Å². The summed E-state index contributed by atoms with van der Waals surface area (Å²) >= 11 is 0. The van der Waals surface area contributed by atoms with Crippen molar-refractivity contribution < 1.29 is 0 Å². The van der Waals surface area contributed by atoms with Crippen LogP contribution in [0.1, 0.15) is 64.2 Å². The zero-order valence-corrected chi connectivity index (χ0v) is 11.5. The van der Waals surface area contributed by atoms with Crippen molar-refractivity contribution in [2.45, 2.75) is 64.2 Å². The third kappa shape index (κ3) is 1.72. The van der Waals surface area contributed by atoms with Gasteiger partial charge in [-0.1, -0.05) is 37.8 Å². The van der Waals surface area contributed by atoms with Crippen LogP contribution in [0.3, 0.4) is 0 Å². The van der Waals surface area contributed by atoms with E-state index in [0.29, 0.717) is 0 Å². The minimum Gasteiger partial charge on any atom is -0.0769 e. The maximum Gasteiger partial charge on any atom is -0.0134 e. The molecule has 0 radical (unpaired) electrons. The minimum absolute atomic E-state index is 0.957. The van der Waals surface area contributed by atoms with Gasteiger partial charge in [-0.25, -0.2) is 0 Å². The van der Waals surface area contributed by atoms with Gasteiger partial charge in [-0.05, 0) is 73.3 Å². The second-order valence-corrected chi connectivity index (χ2v) is 7.09. The Bertz CT molecular complexity index is 351. The lowest BCUT2D eigenvalue weighted by atomic mass is 9.72. The Morgan fingerprint density at radius 2 is 1.17 bits per heavy atom. The van der Waals surface area contributed by atoms with Crippen LogP contribution in [0.4, 0.5) is 0 Å². The Hall–Kier alpha value is -0.520. The summed E-state index contributed by atoms with van der Waals surface area (Å²) in [5.41, 5.74) is 3.66. The van der Waals surface area contributed by atoms with Crippen molar-refractivity contribution in [1.29, 1.82) is 0 Å². The van der Waals surface area contributed by atoms with Gasteiger partial charge in [-0.2, -0.15) is 0 Å². The second-order valence-electron chi connectivity index (χ2n) is 7.09. The summed E-state index contributed by atoms with van der Waals surface area (Å²) in [6.45, 7) is 0. The first-order valence-electron chi connectivity index (χ1n) is 8.34.